The summed E-state index contributed by atoms with van der Waals surface area (Å²) < 4.78 is 5.47. The summed E-state index contributed by atoms with van der Waals surface area (Å²) in [5.74, 6) is 0. The van der Waals surface area contributed by atoms with Gasteiger partial charge in [-0.2, -0.15) is 0 Å². The lowest BCUT2D eigenvalue weighted by molar-refractivity contribution is 0.660. The molecule has 54 heavy (non-hydrogen) atoms. The van der Waals surface area contributed by atoms with Crippen LogP contribution in [0.15, 0.2) is 176 Å². The number of rotatable bonds is 5. The molecule has 0 unspecified atom stereocenters. The molecule has 0 radical (unpaired) electrons. The van der Waals surface area contributed by atoms with E-state index >= 15 is 0 Å². The van der Waals surface area contributed by atoms with Gasteiger partial charge in [-0.1, -0.05) is 129 Å². The minimum absolute atomic E-state index is 0.0424. The van der Waals surface area contributed by atoms with Crippen molar-refractivity contribution in [2.75, 3.05) is 4.90 Å². The van der Waals surface area contributed by atoms with Crippen molar-refractivity contribution in [2.24, 2.45) is 0 Å². The molecule has 2 aromatic heterocycles. The Morgan fingerprint density at radius 3 is 1.69 bits per heavy atom. The summed E-state index contributed by atoms with van der Waals surface area (Å²) in [4.78, 5) is 2.39. The van der Waals surface area contributed by atoms with Crippen LogP contribution < -0.4 is 4.90 Å². The van der Waals surface area contributed by atoms with Crippen LogP contribution in [0.2, 0.25) is 0 Å². The van der Waals surface area contributed by atoms with Gasteiger partial charge in [0.15, 0.2) is 0 Å². The van der Waals surface area contributed by atoms with Crippen molar-refractivity contribution in [3.05, 3.63) is 187 Å². The van der Waals surface area contributed by atoms with Crippen molar-refractivity contribution in [3.63, 3.8) is 0 Å². The molecule has 2 heterocycles. The molecule has 256 valence electrons. The number of fused-ring (bicyclic) bond motifs is 10. The van der Waals surface area contributed by atoms with Crippen molar-refractivity contribution in [1.29, 1.82) is 0 Å². The zero-order valence-corrected chi connectivity index (χ0v) is 31.6. The molecular weight excluding hydrogens is 691 g/mol. The fourth-order valence-electron chi connectivity index (χ4n) is 8.75. The predicted octanol–water partition coefficient (Wildman–Crippen LogP) is 15.5. The predicted molar refractivity (Wildman–Crippen MR) is 235 cm³/mol. The highest BCUT2D eigenvalue weighted by Crippen LogP contribution is 2.50. The molecular formula is C51H35NS2. The molecule has 3 heteroatoms. The Bertz CT molecular complexity index is 3090. The molecule has 1 aliphatic carbocycles. The number of nitrogens with zero attached hydrogens (tertiary/aromatic N) is 1. The monoisotopic (exact) mass is 725 g/mol. The highest BCUT2D eigenvalue weighted by Gasteiger charge is 2.35. The molecule has 10 aromatic rings. The summed E-state index contributed by atoms with van der Waals surface area (Å²) in [5.41, 5.74) is 13.7. The summed E-state index contributed by atoms with van der Waals surface area (Å²) in [5, 5.41) is 5.38. The zero-order chi connectivity index (χ0) is 36.0. The first-order valence-electron chi connectivity index (χ1n) is 18.6. The van der Waals surface area contributed by atoms with Crippen LogP contribution in [0, 0.1) is 0 Å². The van der Waals surface area contributed by atoms with Gasteiger partial charge in [-0.25, -0.2) is 0 Å². The maximum absolute atomic E-state index is 2.41. The van der Waals surface area contributed by atoms with Crippen LogP contribution in [-0.2, 0) is 5.41 Å². The highest BCUT2D eigenvalue weighted by atomic mass is 32.1. The lowest BCUT2D eigenvalue weighted by Crippen LogP contribution is -2.14. The molecule has 0 N–H and O–H groups in total. The molecule has 0 saturated heterocycles. The molecule has 1 nitrogen and oxygen atoms in total. The van der Waals surface area contributed by atoms with Gasteiger partial charge in [-0.05, 0) is 105 Å². The number of hydrogen-bond donors (Lipinski definition) is 0. The number of thiophene rings is 2. The Morgan fingerprint density at radius 2 is 0.926 bits per heavy atom. The summed E-state index contributed by atoms with van der Waals surface area (Å²) in [7, 11) is 0. The lowest BCUT2D eigenvalue weighted by Gasteiger charge is -2.26. The summed E-state index contributed by atoms with van der Waals surface area (Å²) in [6, 6.07) is 65.1. The number of hydrogen-bond acceptors (Lipinski definition) is 3. The minimum Gasteiger partial charge on any atom is -0.310 e. The van der Waals surface area contributed by atoms with E-state index < -0.39 is 0 Å². The fraction of sp³-hybridized carbons (Fsp3) is 0.0588. The van der Waals surface area contributed by atoms with Crippen molar-refractivity contribution in [1.82, 2.24) is 0 Å². The first kappa shape index (κ1) is 31.5. The molecule has 1 aliphatic rings. The van der Waals surface area contributed by atoms with Crippen LogP contribution in [-0.4, -0.2) is 0 Å². The van der Waals surface area contributed by atoms with Gasteiger partial charge in [0.25, 0.3) is 0 Å². The van der Waals surface area contributed by atoms with E-state index in [0.717, 1.165) is 17.1 Å². The smallest absolute Gasteiger partial charge is 0.0534 e. The topological polar surface area (TPSA) is 3.24 Å². The van der Waals surface area contributed by atoms with E-state index in [4.69, 9.17) is 0 Å². The molecule has 0 aliphatic heterocycles. The third-order valence-electron chi connectivity index (χ3n) is 11.5. The van der Waals surface area contributed by atoms with Gasteiger partial charge in [0.2, 0.25) is 0 Å². The van der Waals surface area contributed by atoms with Crippen molar-refractivity contribution < 1.29 is 0 Å². The van der Waals surface area contributed by atoms with Gasteiger partial charge in [0.1, 0.15) is 0 Å². The number of anilines is 3. The molecule has 0 amide bonds. The molecule has 0 bridgehead atoms. The van der Waals surface area contributed by atoms with Crippen LogP contribution in [0.1, 0.15) is 25.0 Å². The molecule has 0 atom stereocenters. The van der Waals surface area contributed by atoms with Crippen molar-refractivity contribution >= 4 is 80.1 Å². The van der Waals surface area contributed by atoms with E-state index in [1.165, 1.54) is 84.9 Å². The maximum Gasteiger partial charge on any atom is 0.0534 e. The Kier molecular flexibility index (Phi) is 7.01. The molecule has 11 rings (SSSR count). The minimum atomic E-state index is -0.0424. The standard InChI is InChI=1S/C51H35NS2/c1-51(2)45-20-8-6-18-39(45)40-24-22-35(31-46(40)51)33-13-11-17-38(29-33)52(36-14-4-3-5-15-36)37-16-10-12-32(28-37)34-23-27-48-44(30-34)43-26-25-42-41-19-7-9-21-47(41)53-49(42)50(43)54-48/h3-31H,1-2H3. The Labute approximate surface area is 323 Å². The van der Waals surface area contributed by atoms with Crippen molar-refractivity contribution in [2.45, 2.75) is 19.3 Å². The quantitative estimate of drug-likeness (QED) is 0.171. The maximum atomic E-state index is 2.41. The molecule has 0 saturated carbocycles. The number of para-hydroxylation sites is 1. The van der Waals surface area contributed by atoms with Crippen LogP contribution in [0.5, 0.6) is 0 Å². The van der Waals surface area contributed by atoms with Crippen LogP contribution in [0.25, 0.3) is 73.7 Å². The molecule has 8 aromatic carbocycles. The van der Waals surface area contributed by atoms with E-state index in [1.807, 2.05) is 22.7 Å². The van der Waals surface area contributed by atoms with E-state index in [2.05, 4.69) is 195 Å². The Hall–Kier alpha value is -6.00. The third kappa shape index (κ3) is 4.82. The lowest BCUT2D eigenvalue weighted by atomic mass is 9.81. The zero-order valence-electron chi connectivity index (χ0n) is 30.0. The van der Waals surface area contributed by atoms with Gasteiger partial charge < -0.3 is 4.90 Å². The fourth-order valence-corrected chi connectivity index (χ4v) is 11.3. The van der Waals surface area contributed by atoms with Crippen molar-refractivity contribution in [3.8, 4) is 33.4 Å². The average molecular weight is 726 g/mol. The first-order valence-corrected chi connectivity index (χ1v) is 20.2. The van der Waals surface area contributed by atoms with E-state index in [1.54, 1.807) is 0 Å². The van der Waals surface area contributed by atoms with Crippen LogP contribution in [0.3, 0.4) is 0 Å². The van der Waals surface area contributed by atoms with Crippen LogP contribution >= 0.6 is 22.7 Å². The Morgan fingerprint density at radius 1 is 0.370 bits per heavy atom. The van der Waals surface area contributed by atoms with Gasteiger partial charge in [-0.3, -0.25) is 0 Å². The van der Waals surface area contributed by atoms with Gasteiger partial charge in [-0.15, -0.1) is 22.7 Å². The highest BCUT2D eigenvalue weighted by molar-refractivity contribution is 7.33. The second kappa shape index (κ2) is 12.0. The van der Waals surface area contributed by atoms with E-state index in [-0.39, 0.29) is 5.41 Å². The van der Waals surface area contributed by atoms with Gasteiger partial charge >= 0.3 is 0 Å². The molecule has 0 spiro atoms. The van der Waals surface area contributed by atoms with E-state index in [9.17, 15) is 0 Å². The first-order chi connectivity index (χ1) is 26.5. The van der Waals surface area contributed by atoms with Crippen LogP contribution in [0.4, 0.5) is 17.1 Å². The normalized spacial score (nSPS) is 13.1. The summed E-state index contributed by atoms with van der Waals surface area (Å²) >= 11 is 3.83. The second-order valence-electron chi connectivity index (χ2n) is 14.9. The Balaban J connectivity index is 1.00. The average Bonchev–Trinajstić information content (AvgIpc) is 3.86. The van der Waals surface area contributed by atoms with E-state index in [0.29, 0.717) is 0 Å². The van der Waals surface area contributed by atoms with Gasteiger partial charge in [0, 0.05) is 53.4 Å². The largest absolute Gasteiger partial charge is 0.310 e. The molecule has 0 fully saturated rings. The van der Waals surface area contributed by atoms with Gasteiger partial charge in [0.05, 0.1) is 9.40 Å². The summed E-state index contributed by atoms with van der Waals surface area (Å²) in [6.07, 6.45) is 0. The number of benzene rings is 8. The third-order valence-corrected chi connectivity index (χ3v) is 14.0. The summed E-state index contributed by atoms with van der Waals surface area (Å²) in [6.45, 7) is 4.70. The SMILES string of the molecule is CC1(C)c2ccccc2-c2ccc(-c3cccc(N(c4ccccc4)c4cccc(-c5ccc6sc7c(ccc8c9ccccc9sc87)c6c5)c4)c3)cc21. The second-order valence-corrected chi connectivity index (χ2v) is 17.0.